The van der Waals surface area contributed by atoms with Gasteiger partial charge in [-0.15, -0.1) is 0 Å². The van der Waals surface area contributed by atoms with Gasteiger partial charge in [-0.2, -0.15) is 0 Å². The summed E-state index contributed by atoms with van der Waals surface area (Å²) in [7, 11) is 0. The number of para-hydroxylation sites is 1. The fraction of sp³-hybridized carbons (Fsp3) is 0.385. The van der Waals surface area contributed by atoms with Crippen molar-refractivity contribution < 1.29 is 14.7 Å². The summed E-state index contributed by atoms with van der Waals surface area (Å²) in [5.74, 6) is -1.23. The van der Waals surface area contributed by atoms with Crippen LogP contribution in [0.3, 0.4) is 0 Å². The zero-order valence-electron chi connectivity index (χ0n) is 10.6. The van der Waals surface area contributed by atoms with Crippen LogP contribution in [0.1, 0.15) is 30.1 Å². The maximum atomic E-state index is 11.8. The Morgan fingerprint density at radius 2 is 2.11 bits per heavy atom. The molecular weight excluding hydrogens is 246 g/mol. The van der Waals surface area contributed by atoms with Crippen molar-refractivity contribution in [1.82, 2.24) is 5.32 Å². The highest BCUT2D eigenvalue weighted by Gasteiger charge is 2.26. The van der Waals surface area contributed by atoms with Gasteiger partial charge in [0, 0.05) is 6.04 Å². The summed E-state index contributed by atoms with van der Waals surface area (Å²) in [6.07, 6.45) is 2.01. The first-order chi connectivity index (χ1) is 8.99. The molecule has 1 aromatic carbocycles. The second-order valence-corrected chi connectivity index (χ2v) is 4.72. The number of aromatic carboxylic acids is 1. The maximum absolute atomic E-state index is 11.8. The van der Waals surface area contributed by atoms with Gasteiger partial charge in [0.05, 0.1) is 16.9 Å². The van der Waals surface area contributed by atoms with Crippen molar-refractivity contribution in [3.05, 3.63) is 23.8 Å². The molecule has 1 atom stereocenters. The van der Waals surface area contributed by atoms with Crippen LogP contribution in [0.15, 0.2) is 18.2 Å². The Hall–Kier alpha value is -2.24. The lowest BCUT2D eigenvalue weighted by Crippen LogP contribution is -2.39. The van der Waals surface area contributed by atoms with Crippen LogP contribution in [0, 0.1) is 0 Å². The van der Waals surface area contributed by atoms with Gasteiger partial charge in [0.25, 0.3) is 0 Å². The van der Waals surface area contributed by atoms with Gasteiger partial charge >= 0.3 is 5.97 Å². The molecule has 0 radical (unpaired) electrons. The molecule has 1 aliphatic rings. The van der Waals surface area contributed by atoms with Crippen molar-refractivity contribution >= 4 is 23.3 Å². The number of hydrogen-bond donors (Lipinski definition) is 4. The zero-order chi connectivity index (χ0) is 14.0. The summed E-state index contributed by atoms with van der Waals surface area (Å²) >= 11 is 0. The molecule has 0 spiro atoms. The average molecular weight is 263 g/mol. The summed E-state index contributed by atoms with van der Waals surface area (Å²) < 4.78 is 0. The number of carbonyl (C=O) groups is 2. The predicted octanol–water partition coefficient (Wildman–Crippen LogP) is 1.05. The summed E-state index contributed by atoms with van der Waals surface area (Å²) in [5, 5.41) is 14.8. The van der Waals surface area contributed by atoms with Crippen LogP contribution in [0.5, 0.6) is 0 Å². The Bertz CT molecular complexity index is 512. The lowest BCUT2D eigenvalue weighted by molar-refractivity contribution is -0.121. The Morgan fingerprint density at radius 1 is 1.42 bits per heavy atom. The van der Waals surface area contributed by atoms with Crippen LogP contribution >= 0.6 is 0 Å². The van der Waals surface area contributed by atoms with Crippen molar-refractivity contribution in [3.8, 4) is 0 Å². The number of hydrogen-bond acceptors (Lipinski definition) is 4. The van der Waals surface area contributed by atoms with Gasteiger partial charge in [0.2, 0.25) is 5.91 Å². The Balaban J connectivity index is 2.12. The summed E-state index contributed by atoms with van der Waals surface area (Å²) in [6, 6.07) is 4.35. The smallest absolute Gasteiger partial charge is 0.337 e. The third kappa shape index (κ3) is 3.15. The largest absolute Gasteiger partial charge is 0.478 e. The number of carboxylic acid groups (broad SMARTS) is 1. The number of nitrogens with one attached hydrogen (secondary N) is 2. The first-order valence-electron chi connectivity index (χ1n) is 6.17. The number of carbonyl (C=O) groups excluding carboxylic acids is 1. The van der Waals surface area contributed by atoms with Crippen molar-refractivity contribution in [2.45, 2.75) is 31.8 Å². The molecule has 1 aliphatic carbocycles. The number of rotatable bonds is 5. The third-order valence-corrected chi connectivity index (χ3v) is 3.00. The molecule has 1 saturated carbocycles. The standard InChI is InChI=1S/C13H17N3O3/c1-7(12(17)16-8-5-6-8)15-11-9(13(18)19)3-2-4-10(11)14/h2-4,7-8,15H,5-6,14H2,1H3,(H,16,17)(H,18,19). The average Bonchev–Trinajstić information content (AvgIpc) is 3.15. The van der Waals surface area contributed by atoms with Crippen LogP contribution in [0.25, 0.3) is 0 Å². The van der Waals surface area contributed by atoms with E-state index in [0.717, 1.165) is 12.8 Å². The molecule has 0 aliphatic heterocycles. The van der Waals surface area contributed by atoms with Crippen LogP contribution in [-0.2, 0) is 4.79 Å². The lowest BCUT2D eigenvalue weighted by Gasteiger charge is -2.18. The van der Waals surface area contributed by atoms with E-state index < -0.39 is 12.0 Å². The predicted molar refractivity (Wildman–Crippen MR) is 72.1 cm³/mol. The number of carboxylic acids is 1. The minimum Gasteiger partial charge on any atom is -0.478 e. The number of benzene rings is 1. The number of nitrogen functional groups attached to an aromatic ring is 1. The second-order valence-electron chi connectivity index (χ2n) is 4.72. The molecule has 0 aromatic heterocycles. The van der Waals surface area contributed by atoms with E-state index in [1.165, 1.54) is 6.07 Å². The Kier molecular flexibility index (Phi) is 3.59. The van der Waals surface area contributed by atoms with E-state index in [1.54, 1.807) is 19.1 Å². The minimum atomic E-state index is -1.08. The molecule has 2 rings (SSSR count). The first kappa shape index (κ1) is 13.2. The highest BCUT2D eigenvalue weighted by molar-refractivity contribution is 5.99. The van der Waals surface area contributed by atoms with E-state index in [-0.39, 0.29) is 23.2 Å². The molecule has 5 N–H and O–H groups in total. The van der Waals surface area contributed by atoms with Crippen molar-refractivity contribution in [2.75, 3.05) is 11.1 Å². The maximum Gasteiger partial charge on any atom is 0.337 e. The summed E-state index contributed by atoms with van der Waals surface area (Å²) in [4.78, 5) is 22.9. The molecule has 0 saturated heterocycles. The van der Waals surface area contributed by atoms with Gasteiger partial charge in [-0.25, -0.2) is 4.79 Å². The lowest BCUT2D eigenvalue weighted by atomic mass is 10.1. The highest BCUT2D eigenvalue weighted by Crippen LogP contribution is 2.25. The van der Waals surface area contributed by atoms with Crippen molar-refractivity contribution in [1.29, 1.82) is 0 Å². The Morgan fingerprint density at radius 3 is 2.68 bits per heavy atom. The monoisotopic (exact) mass is 263 g/mol. The van der Waals surface area contributed by atoms with Gasteiger partial charge in [-0.05, 0) is 31.9 Å². The van der Waals surface area contributed by atoms with Gasteiger partial charge in [0.1, 0.15) is 6.04 Å². The molecule has 19 heavy (non-hydrogen) atoms. The van der Waals surface area contributed by atoms with Crippen LogP contribution in [0.2, 0.25) is 0 Å². The van der Waals surface area contributed by atoms with E-state index in [4.69, 9.17) is 10.8 Å². The molecule has 0 heterocycles. The van der Waals surface area contributed by atoms with E-state index in [0.29, 0.717) is 5.69 Å². The van der Waals surface area contributed by atoms with Gasteiger partial charge < -0.3 is 21.5 Å². The first-order valence-corrected chi connectivity index (χ1v) is 6.17. The van der Waals surface area contributed by atoms with E-state index in [1.807, 2.05) is 0 Å². The normalized spacial score (nSPS) is 15.6. The Labute approximate surface area is 111 Å². The molecule has 1 aromatic rings. The topological polar surface area (TPSA) is 104 Å². The second kappa shape index (κ2) is 5.17. The fourth-order valence-electron chi connectivity index (χ4n) is 1.75. The third-order valence-electron chi connectivity index (χ3n) is 3.00. The molecule has 1 amide bonds. The van der Waals surface area contributed by atoms with Crippen LogP contribution in [-0.4, -0.2) is 29.1 Å². The van der Waals surface area contributed by atoms with E-state index in [9.17, 15) is 9.59 Å². The molecule has 1 unspecified atom stereocenters. The van der Waals surface area contributed by atoms with Gasteiger partial charge in [-0.1, -0.05) is 6.07 Å². The SMILES string of the molecule is CC(Nc1c(N)cccc1C(=O)O)C(=O)NC1CC1. The van der Waals surface area contributed by atoms with Gasteiger partial charge in [-0.3, -0.25) is 4.79 Å². The fourth-order valence-corrected chi connectivity index (χ4v) is 1.75. The molecule has 6 heteroatoms. The number of amides is 1. The molecule has 102 valence electrons. The summed E-state index contributed by atoms with van der Waals surface area (Å²) in [6.45, 7) is 1.68. The van der Waals surface area contributed by atoms with E-state index >= 15 is 0 Å². The molecule has 6 nitrogen and oxygen atoms in total. The number of anilines is 2. The van der Waals surface area contributed by atoms with E-state index in [2.05, 4.69) is 10.6 Å². The van der Waals surface area contributed by atoms with Crippen LogP contribution in [0.4, 0.5) is 11.4 Å². The zero-order valence-corrected chi connectivity index (χ0v) is 10.6. The molecule has 1 fully saturated rings. The molecular formula is C13H17N3O3. The number of nitrogens with two attached hydrogens (primary N) is 1. The highest BCUT2D eigenvalue weighted by atomic mass is 16.4. The van der Waals surface area contributed by atoms with Crippen LogP contribution < -0.4 is 16.4 Å². The summed E-state index contributed by atoms with van der Waals surface area (Å²) in [5.41, 5.74) is 6.42. The minimum absolute atomic E-state index is 0.0612. The van der Waals surface area contributed by atoms with Crippen molar-refractivity contribution in [2.24, 2.45) is 0 Å². The van der Waals surface area contributed by atoms with Gasteiger partial charge in [0.15, 0.2) is 0 Å². The molecule has 0 bridgehead atoms. The van der Waals surface area contributed by atoms with Crippen molar-refractivity contribution in [3.63, 3.8) is 0 Å². The quantitative estimate of drug-likeness (QED) is 0.594.